The lowest BCUT2D eigenvalue weighted by molar-refractivity contribution is -0.136. The molecule has 3 rings (SSSR count). The Hall–Kier alpha value is -1.98. The van der Waals surface area contributed by atoms with Crippen molar-refractivity contribution in [3.05, 3.63) is 35.4 Å². The highest BCUT2D eigenvalue weighted by atomic mass is 19.2. The van der Waals surface area contributed by atoms with Crippen LogP contribution in [-0.4, -0.2) is 36.3 Å². The van der Waals surface area contributed by atoms with E-state index in [1.807, 2.05) is 0 Å². The van der Waals surface area contributed by atoms with Crippen LogP contribution in [0.5, 0.6) is 0 Å². The van der Waals surface area contributed by atoms with Gasteiger partial charge in [0.25, 0.3) is 0 Å². The molecule has 6 heteroatoms. The number of hydrogen-bond donors (Lipinski definition) is 1. The van der Waals surface area contributed by atoms with E-state index in [9.17, 15) is 18.4 Å². The van der Waals surface area contributed by atoms with Gasteiger partial charge in [-0.15, -0.1) is 0 Å². The summed E-state index contributed by atoms with van der Waals surface area (Å²) in [6.45, 7) is 1.43. The second kappa shape index (κ2) is 6.02. The summed E-state index contributed by atoms with van der Waals surface area (Å²) in [5, 5.41) is 2.66. The lowest BCUT2D eigenvalue weighted by Gasteiger charge is -2.33. The SMILES string of the molecule is O=C1CC(C(=O)N2CCC(c3cccc(F)c3F)CC2)CN1. The highest BCUT2D eigenvalue weighted by molar-refractivity contribution is 5.89. The Balaban J connectivity index is 1.62. The Bertz CT molecular complexity index is 598. The number of benzene rings is 1. The van der Waals surface area contributed by atoms with Crippen molar-refractivity contribution in [1.29, 1.82) is 0 Å². The molecule has 0 saturated carbocycles. The molecule has 2 aliphatic heterocycles. The van der Waals surface area contributed by atoms with Crippen molar-refractivity contribution in [3.8, 4) is 0 Å². The minimum absolute atomic E-state index is 0.0171. The molecule has 4 nitrogen and oxygen atoms in total. The molecular weight excluding hydrogens is 290 g/mol. The van der Waals surface area contributed by atoms with Crippen LogP contribution >= 0.6 is 0 Å². The van der Waals surface area contributed by atoms with Gasteiger partial charge in [0.05, 0.1) is 5.92 Å². The summed E-state index contributed by atoms with van der Waals surface area (Å²) in [5.74, 6) is -2.06. The van der Waals surface area contributed by atoms with Crippen molar-refractivity contribution in [3.63, 3.8) is 0 Å². The van der Waals surface area contributed by atoms with Crippen molar-refractivity contribution in [2.45, 2.75) is 25.2 Å². The van der Waals surface area contributed by atoms with Crippen LogP contribution in [0.1, 0.15) is 30.7 Å². The van der Waals surface area contributed by atoms with Crippen LogP contribution in [-0.2, 0) is 9.59 Å². The van der Waals surface area contributed by atoms with Crippen molar-refractivity contribution in [2.24, 2.45) is 5.92 Å². The van der Waals surface area contributed by atoms with Crippen LogP contribution in [0.4, 0.5) is 8.78 Å². The minimum Gasteiger partial charge on any atom is -0.355 e. The number of carbonyl (C=O) groups is 2. The summed E-state index contributed by atoms with van der Waals surface area (Å²) in [6.07, 6.45) is 1.47. The van der Waals surface area contributed by atoms with Crippen molar-refractivity contribution in [2.75, 3.05) is 19.6 Å². The molecule has 2 heterocycles. The van der Waals surface area contributed by atoms with Crippen molar-refractivity contribution < 1.29 is 18.4 Å². The number of hydrogen-bond acceptors (Lipinski definition) is 2. The Labute approximate surface area is 127 Å². The second-order valence-corrected chi connectivity index (χ2v) is 5.95. The first kappa shape index (κ1) is 14.9. The number of rotatable bonds is 2. The molecule has 118 valence electrons. The topological polar surface area (TPSA) is 49.4 Å². The van der Waals surface area contributed by atoms with Gasteiger partial charge in [-0.1, -0.05) is 12.1 Å². The molecule has 2 amide bonds. The lowest BCUT2D eigenvalue weighted by atomic mass is 9.88. The van der Waals surface area contributed by atoms with E-state index in [1.54, 1.807) is 11.0 Å². The summed E-state index contributed by atoms with van der Waals surface area (Å²) in [6, 6.07) is 4.24. The maximum absolute atomic E-state index is 13.8. The fourth-order valence-electron chi connectivity index (χ4n) is 3.28. The number of piperidine rings is 1. The quantitative estimate of drug-likeness (QED) is 0.906. The molecule has 0 aromatic heterocycles. The van der Waals surface area contributed by atoms with E-state index in [-0.39, 0.29) is 30.1 Å². The van der Waals surface area contributed by atoms with Crippen LogP contribution in [0.15, 0.2) is 18.2 Å². The summed E-state index contributed by atoms with van der Waals surface area (Å²) in [7, 11) is 0. The van der Waals surface area contributed by atoms with Crippen LogP contribution < -0.4 is 5.32 Å². The number of carbonyl (C=O) groups excluding carboxylic acids is 2. The van der Waals surface area contributed by atoms with E-state index in [4.69, 9.17) is 0 Å². The van der Waals surface area contributed by atoms with E-state index in [0.717, 1.165) is 6.07 Å². The zero-order valence-corrected chi connectivity index (χ0v) is 12.1. The van der Waals surface area contributed by atoms with E-state index in [0.29, 0.717) is 38.0 Å². The molecule has 1 aromatic carbocycles. The molecule has 0 radical (unpaired) electrons. The summed E-state index contributed by atoms with van der Waals surface area (Å²) in [4.78, 5) is 25.2. The second-order valence-electron chi connectivity index (χ2n) is 5.95. The van der Waals surface area contributed by atoms with Crippen molar-refractivity contribution >= 4 is 11.8 Å². The highest BCUT2D eigenvalue weighted by Gasteiger charge is 2.33. The first-order valence-electron chi connectivity index (χ1n) is 7.55. The predicted octanol–water partition coefficient (Wildman–Crippen LogP) is 1.81. The van der Waals surface area contributed by atoms with E-state index >= 15 is 0 Å². The summed E-state index contributed by atoms with van der Waals surface area (Å²) in [5.41, 5.74) is 0.393. The molecule has 1 aromatic rings. The molecule has 0 bridgehead atoms. The third kappa shape index (κ3) is 2.82. The average Bonchev–Trinajstić information content (AvgIpc) is 2.96. The zero-order chi connectivity index (χ0) is 15.7. The molecule has 22 heavy (non-hydrogen) atoms. The Kier molecular flexibility index (Phi) is 4.09. The van der Waals surface area contributed by atoms with Gasteiger partial charge in [0.1, 0.15) is 0 Å². The molecule has 2 aliphatic rings. The third-order valence-electron chi connectivity index (χ3n) is 4.55. The van der Waals surface area contributed by atoms with Gasteiger partial charge < -0.3 is 10.2 Å². The van der Waals surface area contributed by atoms with Crippen molar-refractivity contribution in [1.82, 2.24) is 10.2 Å². The predicted molar refractivity (Wildman–Crippen MR) is 76.0 cm³/mol. The molecule has 0 spiro atoms. The Morgan fingerprint density at radius 3 is 2.59 bits per heavy atom. The van der Waals surface area contributed by atoms with Gasteiger partial charge in [-0.3, -0.25) is 9.59 Å². The molecule has 1 unspecified atom stereocenters. The molecular formula is C16H18F2N2O2. The van der Waals surface area contributed by atoms with Crippen LogP contribution in [0.25, 0.3) is 0 Å². The molecule has 1 N–H and O–H groups in total. The number of halogens is 2. The zero-order valence-electron chi connectivity index (χ0n) is 12.1. The smallest absolute Gasteiger partial charge is 0.227 e. The molecule has 2 saturated heterocycles. The lowest BCUT2D eigenvalue weighted by Crippen LogP contribution is -2.42. The van der Waals surface area contributed by atoms with Crippen LogP contribution in [0.2, 0.25) is 0 Å². The monoisotopic (exact) mass is 308 g/mol. The van der Waals surface area contributed by atoms with Gasteiger partial charge in [-0.2, -0.15) is 0 Å². The van der Waals surface area contributed by atoms with Gasteiger partial charge >= 0.3 is 0 Å². The first-order chi connectivity index (χ1) is 10.6. The third-order valence-corrected chi connectivity index (χ3v) is 4.55. The average molecular weight is 308 g/mol. The fourth-order valence-corrected chi connectivity index (χ4v) is 3.28. The summed E-state index contributed by atoms with van der Waals surface area (Å²) < 4.78 is 27.1. The van der Waals surface area contributed by atoms with Crippen LogP contribution in [0, 0.1) is 17.6 Å². The van der Waals surface area contributed by atoms with Gasteiger partial charge in [0.2, 0.25) is 11.8 Å². The van der Waals surface area contributed by atoms with Gasteiger partial charge in [0, 0.05) is 26.1 Å². The number of nitrogens with zero attached hydrogens (tertiary/aromatic N) is 1. The standard InChI is InChI=1S/C16H18F2N2O2/c17-13-3-1-2-12(15(13)18)10-4-6-20(7-5-10)16(22)11-8-14(21)19-9-11/h1-3,10-11H,4-9H2,(H,19,21). The van der Waals surface area contributed by atoms with Gasteiger partial charge in [0.15, 0.2) is 11.6 Å². The Morgan fingerprint density at radius 2 is 1.95 bits per heavy atom. The molecule has 1 atom stereocenters. The van der Waals surface area contributed by atoms with E-state index in [2.05, 4.69) is 5.32 Å². The molecule has 0 aliphatic carbocycles. The fraction of sp³-hybridized carbons (Fsp3) is 0.500. The van der Waals surface area contributed by atoms with E-state index < -0.39 is 11.6 Å². The largest absolute Gasteiger partial charge is 0.355 e. The van der Waals surface area contributed by atoms with E-state index in [1.165, 1.54) is 6.07 Å². The summed E-state index contributed by atoms with van der Waals surface area (Å²) >= 11 is 0. The Morgan fingerprint density at radius 1 is 1.23 bits per heavy atom. The van der Waals surface area contributed by atoms with Gasteiger partial charge in [-0.05, 0) is 30.4 Å². The number of amides is 2. The number of nitrogens with one attached hydrogen (secondary N) is 1. The normalized spacial score (nSPS) is 22.7. The highest BCUT2D eigenvalue weighted by Crippen LogP contribution is 2.31. The molecule has 2 fully saturated rings. The maximum atomic E-state index is 13.8. The van der Waals surface area contributed by atoms with Gasteiger partial charge in [-0.25, -0.2) is 8.78 Å². The number of likely N-dealkylation sites (tertiary alicyclic amines) is 1. The minimum atomic E-state index is -0.827. The first-order valence-corrected chi connectivity index (χ1v) is 7.55. The maximum Gasteiger partial charge on any atom is 0.227 e. The van der Waals surface area contributed by atoms with Crippen LogP contribution in [0.3, 0.4) is 0 Å².